The molecule has 0 spiro atoms. The molecule has 0 bridgehead atoms. The number of aromatic nitrogens is 2. The van der Waals surface area contributed by atoms with E-state index in [0.29, 0.717) is 28.7 Å². The molecule has 1 aliphatic heterocycles. The Balaban J connectivity index is 1.44. The number of nitrogens with one attached hydrogen (secondary N) is 1. The van der Waals surface area contributed by atoms with Crippen molar-refractivity contribution < 1.29 is 14.3 Å². The number of fused-ring (bicyclic) bond motifs is 2. The van der Waals surface area contributed by atoms with Crippen LogP contribution in [0, 0.1) is 6.92 Å². The van der Waals surface area contributed by atoms with E-state index in [4.69, 9.17) is 4.74 Å². The van der Waals surface area contributed by atoms with Gasteiger partial charge in [-0.2, -0.15) is 0 Å². The van der Waals surface area contributed by atoms with Crippen LogP contribution in [0.4, 0.5) is 5.82 Å². The largest absolute Gasteiger partial charge is 0.462 e. The molecule has 1 aromatic carbocycles. The van der Waals surface area contributed by atoms with Crippen molar-refractivity contribution in [3.05, 3.63) is 63.1 Å². The van der Waals surface area contributed by atoms with E-state index in [2.05, 4.69) is 33.3 Å². The first-order chi connectivity index (χ1) is 15.9. The highest BCUT2D eigenvalue weighted by Gasteiger charge is 2.22. The minimum absolute atomic E-state index is 0.0455. The number of carbonyl (C=O) groups excluding carboxylic acids is 2. The molecule has 1 N–H and O–H groups in total. The molecule has 0 radical (unpaired) electrons. The van der Waals surface area contributed by atoms with Crippen LogP contribution < -0.4 is 5.32 Å². The highest BCUT2D eigenvalue weighted by Crippen LogP contribution is 2.37. The lowest BCUT2D eigenvalue weighted by atomic mass is 10.0. The first-order valence-electron chi connectivity index (χ1n) is 10.5. The van der Waals surface area contributed by atoms with Crippen LogP contribution in [0.5, 0.6) is 0 Å². The molecule has 1 atom stereocenters. The Labute approximate surface area is 198 Å². The molecular weight excluding hydrogens is 456 g/mol. The SMILES string of the molecule is CCOC(=O)c1cc2c(NC(C)c3ccc(-c4cccc5c4C(=O)N=C5)s3)nc(C)nc2s1. The molecule has 1 aliphatic rings. The number of esters is 1. The molecule has 5 rings (SSSR count). The fraction of sp³-hybridized carbons (Fsp3) is 0.208. The number of thiophene rings is 2. The smallest absolute Gasteiger partial charge is 0.348 e. The Morgan fingerprint density at radius 2 is 2.03 bits per heavy atom. The quantitative estimate of drug-likeness (QED) is 0.361. The summed E-state index contributed by atoms with van der Waals surface area (Å²) >= 11 is 2.93. The van der Waals surface area contributed by atoms with Gasteiger partial charge in [-0.05, 0) is 39.0 Å². The van der Waals surface area contributed by atoms with Crippen molar-refractivity contribution in [3.8, 4) is 10.4 Å². The van der Waals surface area contributed by atoms with Crippen molar-refractivity contribution in [2.24, 2.45) is 4.99 Å². The average molecular weight is 477 g/mol. The van der Waals surface area contributed by atoms with Gasteiger partial charge in [0.2, 0.25) is 0 Å². The molecule has 7 nitrogen and oxygen atoms in total. The fourth-order valence-electron chi connectivity index (χ4n) is 3.76. The second-order valence-electron chi connectivity index (χ2n) is 7.57. The Kier molecular flexibility index (Phi) is 5.51. The normalized spacial score (nSPS) is 13.4. The Hall–Kier alpha value is -3.43. The van der Waals surface area contributed by atoms with Crippen molar-refractivity contribution in [3.63, 3.8) is 0 Å². The number of carbonyl (C=O) groups is 2. The summed E-state index contributed by atoms with van der Waals surface area (Å²) in [5.74, 6) is 0.750. The van der Waals surface area contributed by atoms with Crippen molar-refractivity contribution in [2.45, 2.75) is 26.8 Å². The topological polar surface area (TPSA) is 93.5 Å². The molecule has 1 amide bonds. The number of ether oxygens (including phenoxy) is 1. The monoisotopic (exact) mass is 476 g/mol. The summed E-state index contributed by atoms with van der Waals surface area (Å²) in [4.78, 5) is 40.8. The van der Waals surface area contributed by atoms with Crippen LogP contribution in [0.3, 0.4) is 0 Å². The van der Waals surface area contributed by atoms with Crippen LogP contribution in [0.2, 0.25) is 0 Å². The summed E-state index contributed by atoms with van der Waals surface area (Å²) in [5, 5.41) is 4.27. The van der Waals surface area contributed by atoms with Crippen LogP contribution in [0.25, 0.3) is 20.7 Å². The first kappa shape index (κ1) is 21.4. The van der Waals surface area contributed by atoms with E-state index >= 15 is 0 Å². The Bertz CT molecular complexity index is 1440. The number of aryl methyl sites for hydroxylation is 1. The number of anilines is 1. The molecule has 3 aromatic heterocycles. The van der Waals surface area contributed by atoms with Gasteiger partial charge in [-0.3, -0.25) is 4.79 Å². The highest BCUT2D eigenvalue weighted by molar-refractivity contribution is 7.20. The number of rotatable bonds is 6. The van der Waals surface area contributed by atoms with Crippen LogP contribution >= 0.6 is 22.7 Å². The van der Waals surface area contributed by atoms with Gasteiger partial charge in [-0.15, -0.1) is 22.7 Å². The summed E-state index contributed by atoms with van der Waals surface area (Å²) in [6.45, 7) is 5.99. The average Bonchev–Trinajstić information content (AvgIpc) is 3.52. The molecule has 9 heteroatoms. The van der Waals surface area contributed by atoms with E-state index in [1.807, 2.05) is 31.2 Å². The third-order valence-electron chi connectivity index (χ3n) is 5.28. The van der Waals surface area contributed by atoms with E-state index < -0.39 is 0 Å². The maximum Gasteiger partial charge on any atom is 0.348 e. The van der Waals surface area contributed by atoms with E-state index in [-0.39, 0.29) is 17.9 Å². The molecule has 0 aliphatic carbocycles. The second-order valence-corrected chi connectivity index (χ2v) is 9.72. The van der Waals surface area contributed by atoms with Gasteiger partial charge in [0.15, 0.2) is 0 Å². The van der Waals surface area contributed by atoms with Crippen molar-refractivity contribution >= 4 is 56.8 Å². The van der Waals surface area contributed by atoms with Gasteiger partial charge in [-0.1, -0.05) is 18.2 Å². The van der Waals surface area contributed by atoms with Crippen LogP contribution in [0.1, 0.15) is 56.2 Å². The van der Waals surface area contributed by atoms with E-state index in [0.717, 1.165) is 31.1 Å². The lowest BCUT2D eigenvalue weighted by molar-refractivity contribution is 0.0532. The predicted molar refractivity (Wildman–Crippen MR) is 132 cm³/mol. The number of amides is 1. The summed E-state index contributed by atoms with van der Waals surface area (Å²) in [5.41, 5.74) is 2.41. The zero-order valence-corrected chi connectivity index (χ0v) is 19.8. The molecule has 4 aromatic rings. The van der Waals surface area contributed by atoms with E-state index in [1.165, 1.54) is 11.3 Å². The van der Waals surface area contributed by atoms with E-state index in [9.17, 15) is 9.59 Å². The number of hydrogen-bond acceptors (Lipinski definition) is 8. The number of hydrogen-bond donors (Lipinski definition) is 1. The fourth-order valence-corrected chi connectivity index (χ4v) is 5.77. The van der Waals surface area contributed by atoms with Gasteiger partial charge >= 0.3 is 5.97 Å². The molecule has 1 unspecified atom stereocenters. The number of aliphatic imine (C=N–C) groups is 1. The van der Waals surface area contributed by atoms with Crippen molar-refractivity contribution in [2.75, 3.05) is 11.9 Å². The number of nitrogens with zero attached hydrogens (tertiary/aromatic N) is 3. The van der Waals surface area contributed by atoms with Crippen molar-refractivity contribution in [1.29, 1.82) is 0 Å². The maximum atomic E-state index is 12.2. The van der Waals surface area contributed by atoms with Gasteiger partial charge in [0.1, 0.15) is 21.3 Å². The zero-order valence-electron chi connectivity index (χ0n) is 18.2. The van der Waals surface area contributed by atoms with Gasteiger partial charge in [0.25, 0.3) is 5.91 Å². The molecule has 33 heavy (non-hydrogen) atoms. The van der Waals surface area contributed by atoms with Gasteiger partial charge in [0.05, 0.1) is 23.6 Å². The second kappa shape index (κ2) is 8.49. The van der Waals surface area contributed by atoms with Gasteiger partial charge in [-0.25, -0.2) is 19.8 Å². The first-order valence-corrected chi connectivity index (χ1v) is 12.1. The van der Waals surface area contributed by atoms with E-state index in [1.54, 1.807) is 30.5 Å². The summed E-state index contributed by atoms with van der Waals surface area (Å²) in [6.07, 6.45) is 1.62. The number of benzene rings is 1. The molecule has 166 valence electrons. The standard InChI is InChI=1S/C24H20N4O3S2/c1-4-31-24(30)19-10-16-21(27-13(3)28-23(16)33-19)26-12(2)17-8-9-18(32-17)15-7-5-6-14-11-25-22(29)20(14)15/h5-12H,4H2,1-3H3,(H,26,27,28). The van der Waals surface area contributed by atoms with Crippen molar-refractivity contribution in [1.82, 2.24) is 9.97 Å². The van der Waals surface area contributed by atoms with Crippen LogP contribution in [-0.2, 0) is 4.74 Å². The molecule has 0 saturated heterocycles. The zero-order chi connectivity index (χ0) is 23.1. The minimum atomic E-state index is -0.353. The van der Waals surface area contributed by atoms with Gasteiger partial charge in [0, 0.05) is 27.1 Å². The summed E-state index contributed by atoms with van der Waals surface area (Å²) in [7, 11) is 0. The van der Waals surface area contributed by atoms with Crippen LogP contribution in [0.15, 0.2) is 41.4 Å². The lowest BCUT2D eigenvalue weighted by Crippen LogP contribution is -2.07. The third-order valence-corrected chi connectivity index (χ3v) is 7.60. The Morgan fingerprint density at radius 1 is 1.18 bits per heavy atom. The molecule has 0 fully saturated rings. The summed E-state index contributed by atoms with van der Waals surface area (Å²) in [6, 6.07) is 11.6. The van der Waals surface area contributed by atoms with Crippen LogP contribution in [-0.4, -0.2) is 34.7 Å². The predicted octanol–water partition coefficient (Wildman–Crippen LogP) is 5.65. The molecular formula is C24H20N4O3S2. The summed E-state index contributed by atoms with van der Waals surface area (Å²) < 4.78 is 5.13. The van der Waals surface area contributed by atoms with Gasteiger partial charge < -0.3 is 10.1 Å². The molecule has 0 saturated carbocycles. The lowest BCUT2D eigenvalue weighted by Gasteiger charge is -2.14. The minimum Gasteiger partial charge on any atom is -0.462 e. The Morgan fingerprint density at radius 3 is 2.85 bits per heavy atom. The maximum absolute atomic E-state index is 12.2. The third kappa shape index (κ3) is 3.94. The highest BCUT2D eigenvalue weighted by atomic mass is 32.1. The molecule has 4 heterocycles.